The number of hydrogen-bond acceptors (Lipinski definition) is 6. The molecule has 1 aliphatic carbocycles. The van der Waals surface area contributed by atoms with E-state index in [9.17, 15) is 41.0 Å². The largest absolute Gasteiger partial charge is 0.573 e. The van der Waals surface area contributed by atoms with Crippen LogP contribution in [0.5, 0.6) is 17.2 Å². The number of nitrogens with one attached hydrogen (secondary N) is 1. The van der Waals surface area contributed by atoms with Crippen LogP contribution in [0.15, 0.2) is 46.0 Å². The number of alkyl halides is 6. The molecule has 0 spiro atoms. The van der Waals surface area contributed by atoms with E-state index in [-0.39, 0.29) is 32.0 Å². The Morgan fingerprint density at radius 1 is 1.02 bits per heavy atom. The standard InChI is InChI=1S/C26H20F6N2O5S/c1-12-20-22(36)33-24(37)34(11-19(35)25(27,28)29)23(20)40-21(12)15-6-8-17(18(10-15)39-26(30,31)32)38-16-7-5-13-3-2-4-14(13)9-16/h5-10,19,35H,2-4,11H2,1H3,(H,33,36,37)/t19-/m1/s1. The van der Waals surface area contributed by atoms with Crippen molar-refractivity contribution in [3.8, 4) is 27.7 Å². The van der Waals surface area contributed by atoms with Crippen LogP contribution in [0.1, 0.15) is 23.1 Å². The third kappa shape index (κ3) is 5.45. The Balaban J connectivity index is 1.59. The maximum atomic E-state index is 13.3. The van der Waals surface area contributed by atoms with E-state index in [4.69, 9.17) is 4.74 Å². The molecule has 5 rings (SSSR count). The number of nitrogens with zero attached hydrogens (tertiary/aromatic N) is 1. The minimum Gasteiger partial charge on any atom is -0.453 e. The molecule has 14 heteroatoms. The first-order valence-corrected chi connectivity index (χ1v) is 12.7. The Kier molecular flexibility index (Phi) is 6.94. The summed E-state index contributed by atoms with van der Waals surface area (Å²) < 4.78 is 89.4. The minimum atomic E-state index is -5.07. The zero-order valence-corrected chi connectivity index (χ0v) is 21.4. The first-order chi connectivity index (χ1) is 18.7. The van der Waals surface area contributed by atoms with Crippen LogP contribution in [0, 0.1) is 6.92 Å². The fourth-order valence-corrected chi connectivity index (χ4v) is 5.98. The molecule has 1 atom stereocenters. The summed E-state index contributed by atoms with van der Waals surface area (Å²) in [5.41, 5.74) is 0.468. The molecular formula is C26H20F6N2O5S. The molecule has 2 aromatic carbocycles. The molecule has 0 saturated heterocycles. The summed E-state index contributed by atoms with van der Waals surface area (Å²) >= 11 is 0.721. The molecule has 2 N–H and O–H groups in total. The predicted octanol–water partition coefficient (Wildman–Crippen LogP) is 5.83. The van der Waals surface area contributed by atoms with E-state index < -0.39 is 42.2 Å². The second-order valence-corrected chi connectivity index (χ2v) is 10.3. The number of H-pyrrole nitrogens is 1. The van der Waals surface area contributed by atoms with Crippen LogP contribution in [0.25, 0.3) is 20.7 Å². The second-order valence-electron chi connectivity index (χ2n) is 9.26. The van der Waals surface area contributed by atoms with E-state index in [1.807, 2.05) is 11.1 Å². The summed E-state index contributed by atoms with van der Waals surface area (Å²) in [7, 11) is 0. The lowest BCUT2D eigenvalue weighted by Gasteiger charge is -2.16. The van der Waals surface area contributed by atoms with Crippen LogP contribution in [0.2, 0.25) is 0 Å². The van der Waals surface area contributed by atoms with Crippen LogP contribution < -0.4 is 20.7 Å². The fraction of sp³-hybridized carbons (Fsp3) is 0.308. The number of ether oxygens (including phenoxy) is 2. The van der Waals surface area contributed by atoms with Crippen molar-refractivity contribution < 1.29 is 40.9 Å². The highest BCUT2D eigenvalue weighted by Crippen LogP contribution is 2.43. The predicted molar refractivity (Wildman–Crippen MR) is 134 cm³/mol. The molecule has 7 nitrogen and oxygen atoms in total. The van der Waals surface area contributed by atoms with Crippen molar-refractivity contribution in [2.45, 2.75) is 51.4 Å². The average Bonchev–Trinajstić information content (AvgIpc) is 3.45. The molecule has 4 aromatic rings. The van der Waals surface area contributed by atoms with E-state index >= 15 is 0 Å². The van der Waals surface area contributed by atoms with Gasteiger partial charge in [0.2, 0.25) is 0 Å². The van der Waals surface area contributed by atoms with Gasteiger partial charge in [0.25, 0.3) is 5.56 Å². The minimum absolute atomic E-state index is 0.133. The van der Waals surface area contributed by atoms with Gasteiger partial charge in [0, 0.05) is 4.88 Å². The first-order valence-electron chi connectivity index (χ1n) is 11.9. The van der Waals surface area contributed by atoms with Crippen LogP contribution >= 0.6 is 11.3 Å². The molecule has 1 aliphatic rings. The maximum absolute atomic E-state index is 13.3. The quantitative estimate of drug-likeness (QED) is 0.278. The van der Waals surface area contributed by atoms with Crippen molar-refractivity contribution >= 4 is 21.6 Å². The van der Waals surface area contributed by atoms with Crippen LogP contribution in [-0.2, 0) is 19.4 Å². The Labute approximate surface area is 225 Å². The van der Waals surface area contributed by atoms with Crippen molar-refractivity contribution in [1.82, 2.24) is 9.55 Å². The SMILES string of the molecule is Cc1c(-c2ccc(Oc3ccc4c(c3)CCC4)c(OC(F)(F)F)c2)sc2c1c(=O)[nH]c(=O)n2C[C@@H](O)C(F)(F)F. The Morgan fingerprint density at radius 2 is 1.75 bits per heavy atom. The number of fused-ring (bicyclic) bond motifs is 2. The van der Waals surface area contributed by atoms with Crippen molar-refractivity contribution in [3.63, 3.8) is 0 Å². The van der Waals surface area contributed by atoms with Gasteiger partial charge in [-0.3, -0.25) is 14.3 Å². The van der Waals surface area contributed by atoms with Crippen LogP contribution in [0.3, 0.4) is 0 Å². The zero-order valence-electron chi connectivity index (χ0n) is 20.6. The number of thiophene rings is 1. The van der Waals surface area contributed by atoms with Gasteiger partial charge in [-0.2, -0.15) is 13.2 Å². The Bertz CT molecular complexity index is 1720. The first kappa shape index (κ1) is 27.8. The molecule has 212 valence electrons. The van der Waals surface area contributed by atoms with Crippen molar-refractivity contribution in [2.24, 2.45) is 0 Å². The molecule has 0 aliphatic heterocycles. The zero-order chi connectivity index (χ0) is 29.0. The number of aromatic nitrogens is 2. The van der Waals surface area contributed by atoms with E-state index in [0.29, 0.717) is 10.3 Å². The summed E-state index contributed by atoms with van der Waals surface area (Å²) in [4.78, 5) is 26.9. The monoisotopic (exact) mass is 586 g/mol. The smallest absolute Gasteiger partial charge is 0.453 e. The van der Waals surface area contributed by atoms with Gasteiger partial charge in [0.15, 0.2) is 17.6 Å². The van der Waals surface area contributed by atoms with E-state index in [0.717, 1.165) is 47.8 Å². The molecule has 2 aromatic heterocycles. The number of rotatable bonds is 6. The lowest BCUT2D eigenvalue weighted by molar-refractivity contribution is -0.275. The molecule has 0 saturated carbocycles. The molecule has 0 unspecified atom stereocenters. The molecular weight excluding hydrogens is 566 g/mol. The molecule has 40 heavy (non-hydrogen) atoms. The third-order valence-electron chi connectivity index (χ3n) is 6.53. The van der Waals surface area contributed by atoms with E-state index in [1.165, 1.54) is 19.1 Å². The van der Waals surface area contributed by atoms with Gasteiger partial charge >= 0.3 is 18.2 Å². The Hall–Kier alpha value is -3.78. The second kappa shape index (κ2) is 10.0. The van der Waals surface area contributed by atoms with Gasteiger partial charge in [-0.25, -0.2) is 4.79 Å². The molecule has 0 fully saturated rings. The summed E-state index contributed by atoms with van der Waals surface area (Å²) in [6, 6.07) is 8.94. The fourth-order valence-electron chi connectivity index (χ4n) is 4.67. The van der Waals surface area contributed by atoms with E-state index in [1.54, 1.807) is 12.1 Å². The molecule has 0 amide bonds. The highest BCUT2D eigenvalue weighted by molar-refractivity contribution is 7.22. The summed E-state index contributed by atoms with van der Waals surface area (Å²) in [6.45, 7) is 0.253. The van der Waals surface area contributed by atoms with Gasteiger partial charge in [0.05, 0.1) is 11.9 Å². The van der Waals surface area contributed by atoms with Crippen molar-refractivity contribution in [3.05, 3.63) is 73.9 Å². The number of hydrogen-bond donors (Lipinski definition) is 2. The highest BCUT2D eigenvalue weighted by atomic mass is 32.1. The van der Waals surface area contributed by atoms with Gasteiger partial charge in [0.1, 0.15) is 10.6 Å². The average molecular weight is 587 g/mol. The highest BCUT2D eigenvalue weighted by Gasteiger charge is 2.39. The Morgan fingerprint density at radius 3 is 2.45 bits per heavy atom. The van der Waals surface area contributed by atoms with Gasteiger partial charge in [-0.05, 0) is 78.8 Å². The van der Waals surface area contributed by atoms with Crippen LogP contribution in [0.4, 0.5) is 26.3 Å². The van der Waals surface area contributed by atoms with Crippen molar-refractivity contribution in [1.29, 1.82) is 0 Å². The van der Waals surface area contributed by atoms with Gasteiger partial charge in [-0.1, -0.05) is 6.07 Å². The van der Waals surface area contributed by atoms with Crippen LogP contribution in [-0.4, -0.2) is 33.3 Å². The van der Waals surface area contributed by atoms with Gasteiger partial charge in [-0.15, -0.1) is 24.5 Å². The lowest BCUT2D eigenvalue weighted by Crippen LogP contribution is -2.38. The van der Waals surface area contributed by atoms with Crippen molar-refractivity contribution in [2.75, 3.05) is 0 Å². The summed E-state index contributed by atoms with van der Waals surface area (Å²) in [6.07, 6.45) is -10.3. The van der Waals surface area contributed by atoms with E-state index in [2.05, 4.69) is 4.74 Å². The summed E-state index contributed by atoms with van der Waals surface area (Å²) in [5, 5.41) is 9.39. The number of aromatic amines is 1. The number of benzene rings is 2. The van der Waals surface area contributed by atoms with Gasteiger partial charge < -0.3 is 14.6 Å². The summed E-state index contributed by atoms with van der Waals surface area (Å²) in [5.74, 6) is -0.598. The normalized spacial score (nSPS) is 14.4. The number of aliphatic hydroxyl groups excluding tert-OH is 1. The third-order valence-corrected chi connectivity index (χ3v) is 7.89. The lowest BCUT2D eigenvalue weighted by atomic mass is 10.1. The maximum Gasteiger partial charge on any atom is 0.573 e. The number of halogens is 6. The number of aryl methyl sites for hydroxylation is 3. The molecule has 0 bridgehead atoms. The topological polar surface area (TPSA) is 93.5 Å². The molecule has 0 radical (unpaired) electrons. The molecule has 2 heterocycles. The number of aliphatic hydroxyl groups is 1.